The van der Waals surface area contributed by atoms with Gasteiger partial charge >= 0.3 is 0 Å². The molecule has 0 aliphatic heterocycles. The number of allylic oxidation sites excluding steroid dienone is 1. The number of aryl methyl sites for hydroxylation is 1. The monoisotopic (exact) mass is 344 g/mol. The molecular formula is C26H32. The molecule has 1 fully saturated rings. The minimum Gasteiger partial charge on any atom is -0.0649 e. The van der Waals surface area contributed by atoms with E-state index in [0.717, 1.165) is 5.92 Å². The molecule has 2 aliphatic rings. The van der Waals surface area contributed by atoms with Crippen LogP contribution < -0.4 is 0 Å². The molecule has 2 aromatic rings. The summed E-state index contributed by atoms with van der Waals surface area (Å²) in [6, 6.07) is 14.0. The lowest BCUT2D eigenvalue weighted by Gasteiger charge is -2.21. The van der Waals surface area contributed by atoms with Gasteiger partial charge < -0.3 is 0 Å². The highest BCUT2D eigenvalue weighted by Crippen LogP contribution is 2.39. The number of hydrogen-bond acceptors (Lipinski definition) is 0. The summed E-state index contributed by atoms with van der Waals surface area (Å²) in [6.45, 7) is 6.77. The van der Waals surface area contributed by atoms with E-state index in [2.05, 4.69) is 63.2 Å². The van der Waals surface area contributed by atoms with Gasteiger partial charge in [-0.25, -0.2) is 0 Å². The van der Waals surface area contributed by atoms with Gasteiger partial charge in [0, 0.05) is 0 Å². The Labute approximate surface area is 159 Å². The molecular weight excluding hydrogens is 312 g/mol. The number of rotatable bonds is 4. The number of fused-ring (bicyclic) bond motifs is 1. The second-order valence-corrected chi connectivity index (χ2v) is 8.85. The zero-order valence-electron chi connectivity index (χ0n) is 16.6. The summed E-state index contributed by atoms with van der Waals surface area (Å²) >= 11 is 0. The largest absolute Gasteiger partial charge is 0.0649 e. The highest BCUT2D eigenvalue weighted by molar-refractivity contribution is 5.81. The fourth-order valence-electron chi connectivity index (χ4n) is 4.87. The number of benzene rings is 2. The van der Waals surface area contributed by atoms with Crippen LogP contribution in [0.15, 0.2) is 42.0 Å². The maximum Gasteiger partial charge on any atom is -0.00574 e. The second kappa shape index (κ2) is 7.43. The Morgan fingerprint density at radius 3 is 2.38 bits per heavy atom. The molecule has 4 rings (SSSR count). The summed E-state index contributed by atoms with van der Waals surface area (Å²) in [5, 5.41) is 0. The van der Waals surface area contributed by atoms with Crippen LogP contribution in [0.5, 0.6) is 0 Å². The van der Waals surface area contributed by atoms with Crippen molar-refractivity contribution in [3.63, 3.8) is 0 Å². The second-order valence-electron chi connectivity index (χ2n) is 8.85. The summed E-state index contributed by atoms with van der Waals surface area (Å²) in [5.74, 6) is 1.52. The lowest BCUT2D eigenvalue weighted by atomic mass is 9.84. The molecule has 0 spiro atoms. The van der Waals surface area contributed by atoms with Crippen LogP contribution in [0, 0.1) is 12.8 Å². The van der Waals surface area contributed by atoms with Crippen molar-refractivity contribution < 1.29 is 0 Å². The third-order valence-corrected chi connectivity index (χ3v) is 6.34. The van der Waals surface area contributed by atoms with Crippen LogP contribution in [-0.4, -0.2) is 0 Å². The normalized spacial score (nSPS) is 17.5. The molecule has 0 atom stereocenters. The fraction of sp³-hybridized carbons (Fsp3) is 0.462. The summed E-state index contributed by atoms with van der Waals surface area (Å²) in [7, 11) is 0. The maximum absolute atomic E-state index is 2.52. The summed E-state index contributed by atoms with van der Waals surface area (Å²) in [6.07, 6.45) is 12.2. The molecule has 2 aliphatic carbocycles. The van der Waals surface area contributed by atoms with Gasteiger partial charge in [0.15, 0.2) is 0 Å². The predicted octanol–water partition coefficient (Wildman–Crippen LogP) is 7.70. The van der Waals surface area contributed by atoms with Crippen LogP contribution in [0.4, 0.5) is 0 Å². The van der Waals surface area contributed by atoms with Gasteiger partial charge in [-0.15, -0.1) is 0 Å². The molecule has 0 nitrogen and oxygen atoms in total. The van der Waals surface area contributed by atoms with E-state index in [1.54, 1.807) is 11.1 Å². The molecule has 0 saturated heterocycles. The molecule has 0 bridgehead atoms. The van der Waals surface area contributed by atoms with Crippen LogP contribution in [0.25, 0.3) is 17.2 Å². The minimum absolute atomic E-state index is 0.592. The first kappa shape index (κ1) is 17.6. The molecule has 0 aromatic heterocycles. The molecule has 0 amide bonds. The van der Waals surface area contributed by atoms with Crippen LogP contribution in [0.3, 0.4) is 0 Å². The van der Waals surface area contributed by atoms with Crippen molar-refractivity contribution in [3.05, 3.63) is 64.2 Å². The van der Waals surface area contributed by atoms with Crippen molar-refractivity contribution in [1.82, 2.24) is 0 Å². The van der Waals surface area contributed by atoms with Crippen molar-refractivity contribution >= 4 is 6.08 Å². The molecule has 0 heteroatoms. The van der Waals surface area contributed by atoms with Crippen molar-refractivity contribution in [2.24, 2.45) is 5.92 Å². The Balaban J connectivity index is 1.63. The maximum atomic E-state index is 2.52. The first-order valence-corrected chi connectivity index (χ1v) is 10.5. The van der Waals surface area contributed by atoms with Crippen molar-refractivity contribution in [2.75, 3.05) is 0 Å². The van der Waals surface area contributed by atoms with Crippen LogP contribution in [-0.2, 0) is 6.42 Å². The van der Waals surface area contributed by atoms with Crippen LogP contribution >= 0.6 is 0 Å². The SMILES string of the molecule is Cc1cc2c(c(-c3ccc(C(C)C)cc3)c1)C=C(CC1CCCCC1)C2. The third kappa shape index (κ3) is 3.65. The van der Waals surface area contributed by atoms with Gasteiger partial charge in [0.05, 0.1) is 0 Å². The van der Waals surface area contributed by atoms with Crippen LogP contribution in [0.2, 0.25) is 0 Å². The minimum atomic E-state index is 0.592. The fourth-order valence-corrected chi connectivity index (χ4v) is 4.87. The standard InChI is InChI=1S/C26H32/c1-18(2)22-9-11-23(12-10-22)25-14-19(3)13-24-16-21(17-26(24)25)15-20-7-5-4-6-8-20/h9-14,17-18,20H,4-8,15-16H2,1-3H3. The lowest BCUT2D eigenvalue weighted by Crippen LogP contribution is -2.07. The van der Waals surface area contributed by atoms with Gasteiger partial charge in [-0.3, -0.25) is 0 Å². The third-order valence-electron chi connectivity index (χ3n) is 6.34. The molecule has 0 N–H and O–H groups in total. The van der Waals surface area contributed by atoms with E-state index in [0.29, 0.717) is 5.92 Å². The van der Waals surface area contributed by atoms with Gasteiger partial charge in [-0.2, -0.15) is 0 Å². The van der Waals surface area contributed by atoms with Gasteiger partial charge in [0.2, 0.25) is 0 Å². The topological polar surface area (TPSA) is 0 Å². The summed E-state index contributed by atoms with van der Waals surface area (Å²) in [4.78, 5) is 0. The molecule has 1 saturated carbocycles. The average Bonchev–Trinajstić information content (AvgIpc) is 3.04. The summed E-state index contributed by atoms with van der Waals surface area (Å²) in [5.41, 5.74) is 10.3. The van der Waals surface area contributed by atoms with Gasteiger partial charge in [0.1, 0.15) is 0 Å². The lowest BCUT2D eigenvalue weighted by molar-refractivity contribution is 0.355. The molecule has 0 heterocycles. The molecule has 136 valence electrons. The number of hydrogen-bond donors (Lipinski definition) is 0. The van der Waals surface area contributed by atoms with E-state index in [1.165, 1.54) is 72.8 Å². The van der Waals surface area contributed by atoms with E-state index in [4.69, 9.17) is 0 Å². The van der Waals surface area contributed by atoms with Crippen molar-refractivity contribution in [1.29, 1.82) is 0 Å². The van der Waals surface area contributed by atoms with E-state index in [1.807, 2.05) is 0 Å². The van der Waals surface area contributed by atoms with E-state index in [-0.39, 0.29) is 0 Å². The first-order chi connectivity index (χ1) is 12.6. The Bertz CT molecular complexity index is 799. The van der Waals surface area contributed by atoms with Gasteiger partial charge in [-0.1, -0.05) is 99.6 Å². The van der Waals surface area contributed by atoms with Gasteiger partial charge in [0.25, 0.3) is 0 Å². The molecule has 26 heavy (non-hydrogen) atoms. The van der Waals surface area contributed by atoms with Crippen molar-refractivity contribution in [3.8, 4) is 11.1 Å². The van der Waals surface area contributed by atoms with Crippen molar-refractivity contribution in [2.45, 2.75) is 71.6 Å². The highest BCUT2D eigenvalue weighted by atomic mass is 14.3. The predicted molar refractivity (Wildman–Crippen MR) is 114 cm³/mol. The Kier molecular flexibility index (Phi) is 5.02. The van der Waals surface area contributed by atoms with Gasteiger partial charge in [-0.05, 0) is 59.4 Å². The van der Waals surface area contributed by atoms with E-state index < -0.39 is 0 Å². The average molecular weight is 345 g/mol. The Hall–Kier alpha value is -1.82. The van der Waals surface area contributed by atoms with E-state index >= 15 is 0 Å². The zero-order chi connectivity index (χ0) is 18.1. The van der Waals surface area contributed by atoms with Crippen LogP contribution in [0.1, 0.15) is 80.5 Å². The molecule has 2 aromatic carbocycles. The zero-order valence-corrected chi connectivity index (χ0v) is 16.6. The molecule has 0 unspecified atom stereocenters. The first-order valence-electron chi connectivity index (χ1n) is 10.5. The Morgan fingerprint density at radius 2 is 1.69 bits per heavy atom. The smallest absolute Gasteiger partial charge is 0.00574 e. The quantitative estimate of drug-likeness (QED) is 0.533. The molecule has 0 radical (unpaired) electrons. The summed E-state index contributed by atoms with van der Waals surface area (Å²) < 4.78 is 0. The highest BCUT2D eigenvalue weighted by Gasteiger charge is 2.21. The Morgan fingerprint density at radius 1 is 0.962 bits per heavy atom. The van der Waals surface area contributed by atoms with E-state index in [9.17, 15) is 0 Å².